The monoisotopic (exact) mass is 344 g/mol. The van der Waals surface area contributed by atoms with Crippen molar-refractivity contribution in [1.29, 1.82) is 0 Å². The minimum atomic E-state index is 0.385. The van der Waals surface area contributed by atoms with Gasteiger partial charge in [0, 0.05) is 49.5 Å². The molecule has 0 amide bonds. The van der Waals surface area contributed by atoms with Crippen LogP contribution in [0.2, 0.25) is 0 Å². The molecule has 0 bridgehead atoms. The maximum Gasteiger partial charge on any atom is 0.213 e. The molecule has 2 fully saturated rings. The smallest absolute Gasteiger partial charge is 0.213 e. The fraction of sp³-hybridized carbons (Fsp3) is 0.556. The molecule has 6 heteroatoms. The van der Waals surface area contributed by atoms with Crippen LogP contribution in [-0.4, -0.2) is 35.2 Å². The first kappa shape index (κ1) is 15.8. The second kappa shape index (κ2) is 7.49. The van der Waals surface area contributed by atoms with Gasteiger partial charge in [0.25, 0.3) is 0 Å². The zero-order valence-electron chi connectivity index (χ0n) is 13.9. The van der Waals surface area contributed by atoms with Crippen molar-refractivity contribution in [3.05, 3.63) is 35.5 Å². The minimum absolute atomic E-state index is 0.385. The minimum Gasteiger partial charge on any atom is -0.474 e. The van der Waals surface area contributed by atoms with Crippen LogP contribution in [-0.2, 0) is 6.54 Å². The molecule has 1 aliphatic heterocycles. The maximum absolute atomic E-state index is 5.89. The van der Waals surface area contributed by atoms with Gasteiger partial charge in [-0.3, -0.25) is 0 Å². The molecule has 1 saturated heterocycles. The molecular formula is C18H24N4OS. The van der Waals surface area contributed by atoms with Gasteiger partial charge in [-0.1, -0.05) is 0 Å². The lowest BCUT2D eigenvalue weighted by Gasteiger charge is -2.32. The highest BCUT2D eigenvalue weighted by molar-refractivity contribution is 7.13. The number of nitrogens with zero attached hydrogens (tertiary/aromatic N) is 3. The Bertz CT molecular complexity index is 636. The molecule has 3 heterocycles. The van der Waals surface area contributed by atoms with E-state index in [9.17, 15) is 0 Å². The van der Waals surface area contributed by atoms with E-state index in [1.807, 2.05) is 17.8 Å². The lowest BCUT2D eigenvalue weighted by atomic mass is 9.96. The van der Waals surface area contributed by atoms with E-state index >= 15 is 0 Å². The molecule has 2 aromatic heterocycles. The second-order valence-electron chi connectivity index (χ2n) is 6.63. The third-order valence-corrected chi connectivity index (χ3v) is 5.75. The fourth-order valence-corrected chi connectivity index (χ4v) is 3.89. The van der Waals surface area contributed by atoms with Crippen LogP contribution in [0.3, 0.4) is 0 Å². The summed E-state index contributed by atoms with van der Waals surface area (Å²) < 4.78 is 5.89. The van der Waals surface area contributed by atoms with Gasteiger partial charge in [-0.15, -0.1) is 11.3 Å². The van der Waals surface area contributed by atoms with Crippen molar-refractivity contribution in [3.8, 4) is 5.88 Å². The van der Waals surface area contributed by atoms with Crippen molar-refractivity contribution >= 4 is 16.5 Å². The average molecular weight is 344 g/mol. The van der Waals surface area contributed by atoms with Gasteiger partial charge in [0.15, 0.2) is 5.13 Å². The molecule has 0 aromatic carbocycles. The van der Waals surface area contributed by atoms with Crippen molar-refractivity contribution < 1.29 is 4.74 Å². The number of thiazole rings is 1. The summed E-state index contributed by atoms with van der Waals surface area (Å²) in [6.45, 7) is 3.04. The van der Waals surface area contributed by atoms with E-state index in [1.54, 1.807) is 11.3 Å². The van der Waals surface area contributed by atoms with Crippen molar-refractivity contribution in [2.24, 2.45) is 0 Å². The van der Waals surface area contributed by atoms with Gasteiger partial charge in [0.2, 0.25) is 5.88 Å². The quantitative estimate of drug-likeness (QED) is 0.872. The standard InChI is InChI=1S/C18H24N4OS/c1-2-16(3-1)23-17-12-14(4-7-19-17)13-21-15-5-9-22(10-6-15)18-20-8-11-24-18/h4,7-8,11-12,15-16,21H,1-3,5-6,9-10,13H2. The molecule has 24 heavy (non-hydrogen) atoms. The van der Waals surface area contributed by atoms with Crippen molar-refractivity contribution in [2.75, 3.05) is 18.0 Å². The van der Waals surface area contributed by atoms with Crippen molar-refractivity contribution in [1.82, 2.24) is 15.3 Å². The molecule has 2 aliphatic rings. The molecule has 128 valence electrons. The Morgan fingerprint density at radius 3 is 2.75 bits per heavy atom. The van der Waals surface area contributed by atoms with E-state index in [2.05, 4.69) is 32.3 Å². The van der Waals surface area contributed by atoms with E-state index in [-0.39, 0.29) is 0 Å². The van der Waals surface area contributed by atoms with E-state index in [4.69, 9.17) is 4.74 Å². The van der Waals surface area contributed by atoms with Gasteiger partial charge in [-0.2, -0.15) is 0 Å². The zero-order chi connectivity index (χ0) is 16.2. The Morgan fingerprint density at radius 2 is 2.04 bits per heavy atom. The molecule has 0 spiro atoms. The predicted molar refractivity (Wildman–Crippen MR) is 96.7 cm³/mol. The molecule has 0 unspecified atom stereocenters. The third kappa shape index (κ3) is 3.87. The Balaban J connectivity index is 1.24. The Kier molecular flexibility index (Phi) is 4.94. The Hall–Kier alpha value is -1.66. The first-order valence-corrected chi connectivity index (χ1v) is 9.74. The second-order valence-corrected chi connectivity index (χ2v) is 7.50. The summed E-state index contributed by atoms with van der Waals surface area (Å²) >= 11 is 1.73. The summed E-state index contributed by atoms with van der Waals surface area (Å²) in [5, 5.41) is 6.89. The number of hydrogen-bond acceptors (Lipinski definition) is 6. The number of nitrogens with one attached hydrogen (secondary N) is 1. The number of piperidine rings is 1. The van der Waals surface area contributed by atoms with Crippen molar-refractivity contribution in [3.63, 3.8) is 0 Å². The topological polar surface area (TPSA) is 50.3 Å². The zero-order valence-corrected chi connectivity index (χ0v) is 14.7. The maximum atomic E-state index is 5.89. The predicted octanol–water partition coefficient (Wildman–Crippen LogP) is 3.23. The van der Waals surface area contributed by atoms with Gasteiger partial charge in [0.05, 0.1) is 0 Å². The van der Waals surface area contributed by atoms with E-state index in [0.717, 1.165) is 43.5 Å². The summed E-state index contributed by atoms with van der Waals surface area (Å²) in [5.74, 6) is 0.776. The lowest BCUT2D eigenvalue weighted by Crippen LogP contribution is -2.42. The largest absolute Gasteiger partial charge is 0.474 e. The van der Waals surface area contributed by atoms with E-state index in [1.165, 1.54) is 24.8 Å². The number of anilines is 1. The first-order chi connectivity index (χ1) is 11.9. The molecule has 1 aliphatic carbocycles. The van der Waals surface area contributed by atoms with E-state index in [0.29, 0.717) is 12.1 Å². The number of pyridine rings is 1. The fourth-order valence-electron chi connectivity index (χ4n) is 3.19. The van der Waals surface area contributed by atoms with Crippen LogP contribution in [0.25, 0.3) is 0 Å². The van der Waals surface area contributed by atoms with Crippen LogP contribution < -0.4 is 15.0 Å². The molecule has 1 N–H and O–H groups in total. The highest BCUT2D eigenvalue weighted by atomic mass is 32.1. The highest BCUT2D eigenvalue weighted by Crippen LogP contribution is 2.25. The molecule has 2 aromatic rings. The SMILES string of the molecule is c1cc(CNC2CCN(c3nccs3)CC2)cc(OC2CCC2)n1. The van der Waals surface area contributed by atoms with Crippen LogP contribution in [0, 0.1) is 0 Å². The number of hydrogen-bond donors (Lipinski definition) is 1. The summed E-state index contributed by atoms with van der Waals surface area (Å²) in [5.41, 5.74) is 1.25. The number of rotatable bonds is 6. The van der Waals surface area contributed by atoms with Crippen LogP contribution in [0.1, 0.15) is 37.7 Å². The summed E-state index contributed by atoms with van der Waals surface area (Å²) in [6.07, 6.45) is 10.1. The number of ether oxygens (including phenoxy) is 1. The van der Waals surface area contributed by atoms with Gasteiger partial charge >= 0.3 is 0 Å². The van der Waals surface area contributed by atoms with Gasteiger partial charge in [0.1, 0.15) is 6.10 Å². The molecule has 0 radical (unpaired) electrons. The van der Waals surface area contributed by atoms with Crippen LogP contribution in [0.5, 0.6) is 5.88 Å². The van der Waals surface area contributed by atoms with Crippen LogP contribution in [0.4, 0.5) is 5.13 Å². The van der Waals surface area contributed by atoms with Gasteiger partial charge in [-0.25, -0.2) is 9.97 Å². The lowest BCUT2D eigenvalue weighted by molar-refractivity contribution is 0.114. The van der Waals surface area contributed by atoms with Crippen molar-refractivity contribution in [2.45, 2.75) is 50.8 Å². The Morgan fingerprint density at radius 1 is 1.17 bits per heavy atom. The molecule has 0 atom stereocenters. The average Bonchev–Trinajstić information content (AvgIpc) is 3.12. The summed E-state index contributed by atoms with van der Waals surface area (Å²) in [6, 6.07) is 4.73. The summed E-state index contributed by atoms with van der Waals surface area (Å²) in [4.78, 5) is 11.1. The Labute approximate surface area is 147 Å². The third-order valence-electron chi connectivity index (χ3n) is 4.92. The van der Waals surface area contributed by atoms with Gasteiger partial charge < -0.3 is 15.0 Å². The first-order valence-electron chi connectivity index (χ1n) is 8.86. The normalized spacial score (nSPS) is 19.2. The van der Waals surface area contributed by atoms with Crippen LogP contribution in [0.15, 0.2) is 29.9 Å². The molecule has 1 saturated carbocycles. The molecule has 5 nitrogen and oxygen atoms in total. The number of aromatic nitrogens is 2. The molecular weight excluding hydrogens is 320 g/mol. The van der Waals surface area contributed by atoms with Crippen LogP contribution >= 0.6 is 11.3 Å². The van der Waals surface area contributed by atoms with E-state index < -0.39 is 0 Å². The summed E-state index contributed by atoms with van der Waals surface area (Å²) in [7, 11) is 0. The molecule has 4 rings (SSSR count). The highest BCUT2D eigenvalue weighted by Gasteiger charge is 2.21. The van der Waals surface area contributed by atoms with Gasteiger partial charge in [-0.05, 0) is 43.7 Å².